The highest BCUT2D eigenvalue weighted by molar-refractivity contribution is 8.13. The first-order chi connectivity index (χ1) is 13.0. The molecule has 0 fully saturated rings. The van der Waals surface area contributed by atoms with Crippen molar-refractivity contribution < 1.29 is 23.3 Å². The van der Waals surface area contributed by atoms with Gasteiger partial charge >= 0.3 is 0 Å². The van der Waals surface area contributed by atoms with Crippen molar-refractivity contribution in [2.24, 2.45) is 13.5 Å². The standard InChI is InChI=1S/C12H26Cl2N5O5P3/c13-25(14)17-26-15-3-1-2-4-16-27(18-25,19-26)24-12-10-22-8-6-20-5-7-21-9-11-23-26/h15-16H,1-12H2. The molecule has 0 spiro atoms. The molecule has 0 amide bonds. The van der Waals surface area contributed by atoms with Gasteiger partial charge in [-0.25, -0.2) is 10.2 Å². The molecule has 0 radical (unpaired) electrons. The molecule has 3 rings (SSSR count). The molecule has 0 saturated carbocycles. The highest BCUT2D eigenvalue weighted by atomic mass is 35.9. The molecule has 2 unspecified atom stereocenters. The Balaban J connectivity index is 1.89. The maximum Gasteiger partial charge on any atom is 0.280 e. The largest absolute Gasteiger partial charge is 0.377 e. The number of hydrogen-bond donors (Lipinski definition) is 2. The third-order valence-corrected chi connectivity index (χ3v) is 14.1. The molecular weight excluding hydrogens is 458 g/mol. The minimum absolute atomic E-state index is 0.310. The first-order valence-corrected chi connectivity index (χ1v) is 15.6. The Labute approximate surface area is 169 Å². The molecule has 2 bridgehead atoms. The molecule has 0 aromatic heterocycles. The van der Waals surface area contributed by atoms with E-state index < -0.39 is 21.1 Å². The summed E-state index contributed by atoms with van der Waals surface area (Å²) in [4.78, 5) is 0. The van der Waals surface area contributed by atoms with Crippen LogP contribution in [-0.2, 0) is 23.3 Å². The van der Waals surface area contributed by atoms with Crippen molar-refractivity contribution >= 4 is 43.6 Å². The molecule has 0 saturated heterocycles. The first-order valence-electron chi connectivity index (χ1n) is 8.87. The lowest BCUT2D eigenvalue weighted by Crippen LogP contribution is -2.18. The maximum absolute atomic E-state index is 6.46. The second kappa shape index (κ2) is 10.9. The van der Waals surface area contributed by atoms with Crippen LogP contribution < -0.4 is 10.2 Å². The van der Waals surface area contributed by atoms with Crippen LogP contribution in [0.4, 0.5) is 0 Å². The summed E-state index contributed by atoms with van der Waals surface area (Å²) < 4.78 is 42.5. The quantitative estimate of drug-likeness (QED) is 0.492. The van der Waals surface area contributed by atoms with Crippen molar-refractivity contribution in [1.82, 2.24) is 10.2 Å². The average Bonchev–Trinajstić information content (AvgIpc) is 2.66. The van der Waals surface area contributed by atoms with E-state index in [9.17, 15) is 0 Å². The summed E-state index contributed by atoms with van der Waals surface area (Å²) in [5.41, 5.74) is 0. The van der Waals surface area contributed by atoms with Gasteiger partial charge in [0.15, 0.2) is 0 Å². The van der Waals surface area contributed by atoms with Gasteiger partial charge in [0.25, 0.3) is 21.1 Å². The minimum Gasteiger partial charge on any atom is -0.377 e. The van der Waals surface area contributed by atoms with Gasteiger partial charge in [0, 0.05) is 13.1 Å². The second-order valence-corrected chi connectivity index (χ2v) is 15.6. The summed E-state index contributed by atoms with van der Waals surface area (Å²) in [7, 11) is -5.63. The predicted octanol–water partition coefficient (Wildman–Crippen LogP) is 4.39. The lowest BCUT2D eigenvalue weighted by atomic mass is 10.3. The van der Waals surface area contributed by atoms with Crippen molar-refractivity contribution in [2.45, 2.75) is 12.8 Å². The SMILES string of the molecule is ClP1(Cl)=NP23=NP(=N1)(NCCCCN2)OCCOCCOCCOCCO3. The summed E-state index contributed by atoms with van der Waals surface area (Å²) in [6, 6.07) is 0. The number of hydrogen-bond acceptors (Lipinski definition) is 10. The molecule has 0 aromatic carbocycles. The van der Waals surface area contributed by atoms with Crippen LogP contribution in [0.3, 0.4) is 0 Å². The highest BCUT2D eigenvalue weighted by Crippen LogP contribution is 2.80. The fourth-order valence-electron chi connectivity index (χ4n) is 2.52. The summed E-state index contributed by atoms with van der Waals surface area (Å²) in [6.07, 6.45) is 1.88. The zero-order chi connectivity index (χ0) is 19.1. The van der Waals surface area contributed by atoms with Gasteiger partial charge in [0.2, 0.25) is 0 Å². The normalized spacial score (nSPS) is 36.7. The van der Waals surface area contributed by atoms with Crippen LogP contribution in [0.25, 0.3) is 0 Å². The zero-order valence-electron chi connectivity index (χ0n) is 15.0. The molecule has 3 aliphatic heterocycles. The van der Waals surface area contributed by atoms with Crippen molar-refractivity contribution in [3.63, 3.8) is 0 Å². The van der Waals surface area contributed by atoms with Crippen LogP contribution in [-0.4, -0.2) is 65.9 Å². The van der Waals surface area contributed by atoms with Crippen LogP contribution in [0.5, 0.6) is 0 Å². The van der Waals surface area contributed by atoms with Crippen molar-refractivity contribution in [3.8, 4) is 0 Å². The van der Waals surface area contributed by atoms with Gasteiger partial charge in [0.1, 0.15) is 0 Å². The third kappa shape index (κ3) is 7.32. The van der Waals surface area contributed by atoms with Crippen LogP contribution in [0.1, 0.15) is 12.8 Å². The van der Waals surface area contributed by atoms with E-state index in [2.05, 4.69) is 19.2 Å². The Hall–Kier alpha value is 0.990. The summed E-state index contributed by atoms with van der Waals surface area (Å²) in [5.74, 6) is -2.99. The molecule has 158 valence electrons. The van der Waals surface area contributed by atoms with Gasteiger partial charge in [0.05, 0.1) is 52.9 Å². The van der Waals surface area contributed by atoms with Crippen LogP contribution in [0.15, 0.2) is 13.5 Å². The average molecular weight is 484 g/mol. The number of ether oxygens (including phenoxy) is 3. The van der Waals surface area contributed by atoms with Gasteiger partial charge in [-0.3, -0.25) is 0 Å². The molecule has 2 N–H and O–H groups in total. The lowest BCUT2D eigenvalue weighted by molar-refractivity contribution is 0.00535. The van der Waals surface area contributed by atoms with Crippen molar-refractivity contribution in [2.75, 3.05) is 65.9 Å². The number of rotatable bonds is 0. The fourth-order valence-corrected chi connectivity index (χ4v) is 14.4. The van der Waals surface area contributed by atoms with E-state index in [0.717, 1.165) is 12.8 Å². The molecule has 0 aromatic rings. The second-order valence-electron chi connectivity index (χ2n) is 5.84. The Morgan fingerprint density at radius 1 is 0.593 bits per heavy atom. The molecule has 0 aliphatic carbocycles. The van der Waals surface area contributed by atoms with E-state index in [-0.39, 0.29) is 0 Å². The minimum atomic E-state index is -2.99. The van der Waals surface area contributed by atoms with E-state index in [4.69, 9.17) is 50.3 Å². The van der Waals surface area contributed by atoms with Gasteiger partial charge < -0.3 is 23.3 Å². The molecular formula is C12H26Cl2N5O5P3. The smallest absolute Gasteiger partial charge is 0.280 e. The highest BCUT2D eigenvalue weighted by Gasteiger charge is 2.37. The van der Waals surface area contributed by atoms with E-state index >= 15 is 0 Å². The summed E-state index contributed by atoms with van der Waals surface area (Å²) in [5, 5.41) is 6.68. The fraction of sp³-hybridized carbons (Fsp3) is 1.00. The van der Waals surface area contributed by atoms with Gasteiger partial charge in [-0.15, -0.1) is 0 Å². The zero-order valence-corrected chi connectivity index (χ0v) is 19.2. The number of halogens is 2. The van der Waals surface area contributed by atoms with Gasteiger partial charge in [-0.05, 0) is 35.3 Å². The van der Waals surface area contributed by atoms with Crippen molar-refractivity contribution in [3.05, 3.63) is 0 Å². The maximum atomic E-state index is 6.46. The predicted molar refractivity (Wildman–Crippen MR) is 109 cm³/mol. The molecule has 10 nitrogen and oxygen atoms in total. The summed E-state index contributed by atoms with van der Waals surface area (Å²) in [6.45, 7) is 4.77. The number of nitrogens with zero attached hydrogens (tertiary/aromatic N) is 3. The lowest BCUT2D eigenvalue weighted by Gasteiger charge is -2.31. The van der Waals surface area contributed by atoms with E-state index in [1.54, 1.807) is 0 Å². The van der Waals surface area contributed by atoms with E-state index in [1.807, 2.05) is 0 Å². The Morgan fingerprint density at radius 2 is 1.04 bits per heavy atom. The van der Waals surface area contributed by atoms with Gasteiger partial charge in [-0.1, -0.05) is 0 Å². The Kier molecular flexibility index (Phi) is 9.11. The molecule has 3 aliphatic rings. The summed E-state index contributed by atoms with van der Waals surface area (Å²) >= 11 is 12.9. The van der Waals surface area contributed by atoms with Crippen LogP contribution in [0.2, 0.25) is 0 Å². The molecule has 2 atom stereocenters. The first kappa shape index (κ1) is 22.7. The number of nitrogens with one attached hydrogen (secondary N) is 2. The van der Waals surface area contributed by atoms with Crippen LogP contribution >= 0.6 is 43.6 Å². The van der Waals surface area contributed by atoms with E-state index in [0.29, 0.717) is 65.9 Å². The Morgan fingerprint density at radius 3 is 1.56 bits per heavy atom. The third-order valence-electron chi connectivity index (χ3n) is 3.68. The molecule has 27 heavy (non-hydrogen) atoms. The Bertz CT molecular complexity index is 640. The molecule has 15 heteroatoms. The van der Waals surface area contributed by atoms with Gasteiger partial charge in [-0.2, -0.15) is 13.5 Å². The monoisotopic (exact) mass is 483 g/mol. The molecule has 3 heterocycles. The van der Waals surface area contributed by atoms with Crippen molar-refractivity contribution in [1.29, 1.82) is 0 Å². The topological polar surface area (TPSA) is 107 Å². The van der Waals surface area contributed by atoms with E-state index in [1.165, 1.54) is 0 Å². The van der Waals surface area contributed by atoms with Crippen LogP contribution in [0, 0.1) is 0 Å².